The Morgan fingerprint density at radius 1 is 1.11 bits per heavy atom. The van der Waals surface area contributed by atoms with Gasteiger partial charge in [0.25, 0.3) is 0 Å². The molecule has 1 amide bonds. The first-order chi connectivity index (χ1) is 12.9. The summed E-state index contributed by atoms with van der Waals surface area (Å²) in [7, 11) is 1.61. The standard InChI is InChI=1S/C19H22ClF4N3O/c1-6-10-14(20)11(27(5)26-10)7-12(28)25-8-9-15(21)17(23)13(19(2,3)4)18(24)16(9)22/h6-8H2,1-5H3,(H,25,28). The Balaban J connectivity index is 2.24. The van der Waals surface area contributed by atoms with E-state index in [1.807, 2.05) is 6.92 Å². The summed E-state index contributed by atoms with van der Waals surface area (Å²) < 4.78 is 58.7. The number of halogens is 5. The molecule has 154 valence electrons. The molecule has 0 saturated heterocycles. The fourth-order valence-corrected chi connectivity index (χ4v) is 3.26. The zero-order chi connectivity index (χ0) is 21.4. The first-order valence-electron chi connectivity index (χ1n) is 8.72. The molecule has 2 rings (SSSR count). The van der Waals surface area contributed by atoms with Gasteiger partial charge in [-0.05, 0) is 11.8 Å². The van der Waals surface area contributed by atoms with Gasteiger partial charge in [0.15, 0.2) is 23.3 Å². The van der Waals surface area contributed by atoms with Gasteiger partial charge in [0.05, 0.1) is 22.8 Å². The highest BCUT2D eigenvalue weighted by atomic mass is 35.5. The van der Waals surface area contributed by atoms with Crippen LogP contribution in [0.2, 0.25) is 5.02 Å². The Hall–Kier alpha value is -2.09. The SMILES string of the molecule is CCc1nn(C)c(CC(=O)NCc2c(F)c(F)c(C(C)(C)C)c(F)c2F)c1Cl. The number of carbonyl (C=O) groups excluding carboxylic acids is 1. The van der Waals surface area contributed by atoms with Gasteiger partial charge in [0.1, 0.15) is 0 Å². The molecule has 1 N–H and O–H groups in total. The Bertz CT molecular complexity index is 890. The summed E-state index contributed by atoms with van der Waals surface area (Å²) in [5, 5.41) is 6.78. The molecule has 0 saturated carbocycles. The minimum absolute atomic E-state index is 0.198. The van der Waals surface area contributed by atoms with Crippen LogP contribution in [0, 0.1) is 23.3 Å². The van der Waals surface area contributed by atoms with E-state index >= 15 is 0 Å². The summed E-state index contributed by atoms with van der Waals surface area (Å²) in [6.07, 6.45) is 0.375. The molecule has 1 aromatic carbocycles. The normalized spacial score (nSPS) is 11.8. The third-order valence-electron chi connectivity index (χ3n) is 4.40. The lowest BCUT2D eigenvalue weighted by Crippen LogP contribution is -2.28. The molecule has 1 aromatic heterocycles. The van der Waals surface area contributed by atoms with Crippen LogP contribution in [0.3, 0.4) is 0 Å². The van der Waals surface area contributed by atoms with Crippen LogP contribution >= 0.6 is 11.6 Å². The molecule has 9 heteroatoms. The van der Waals surface area contributed by atoms with Crippen molar-refractivity contribution < 1.29 is 22.4 Å². The number of hydrogen-bond acceptors (Lipinski definition) is 2. The van der Waals surface area contributed by atoms with Gasteiger partial charge in [-0.3, -0.25) is 9.48 Å². The van der Waals surface area contributed by atoms with E-state index in [9.17, 15) is 22.4 Å². The topological polar surface area (TPSA) is 46.9 Å². The lowest BCUT2D eigenvalue weighted by atomic mass is 9.85. The number of nitrogens with one attached hydrogen (secondary N) is 1. The molecule has 28 heavy (non-hydrogen) atoms. The van der Waals surface area contributed by atoms with Crippen molar-refractivity contribution in [3.05, 3.63) is 50.8 Å². The van der Waals surface area contributed by atoms with Gasteiger partial charge < -0.3 is 5.32 Å². The maximum absolute atomic E-state index is 14.3. The fraction of sp³-hybridized carbons (Fsp3) is 0.474. The lowest BCUT2D eigenvalue weighted by Gasteiger charge is -2.22. The minimum Gasteiger partial charge on any atom is -0.351 e. The molecular weight excluding hydrogens is 398 g/mol. The summed E-state index contributed by atoms with van der Waals surface area (Å²) in [6.45, 7) is 5.48. The highest BCUT2D eigenvalue weighted by Gasteiger charge is 2.31. The summed E-state index contributed by atoms with van der Waals surface area (Å²) in [5.74, 6) is -6.57. The second-order valence-corrected chi connectivity index (χ2v) is 7.88. The zero-order valence-corrected chi connectivity index (χ0v) is 17.1. The Kier molecular flexibility index (Phi) is 6.43. The van der Waals surface area contributed by atoms with Crippen LogP contribution in [0.5, 0.6) is 0 Å². The van der Waals surface area contributed by atoms with Crippen LogP contribution in [0.25, 0.3) is 0 Å². The van der Waals surface area contributed by atoms with Crippen LogP contribution in [0.1, 0.15) is 50.2 Å². The first-order valence-corrected chi connectivity index (χ1v) is 9.10. The molecular formula is C19H22ClF4N3O. The third-order valence-corrected chi connectivity index (χ3v) is 4.83. The minimum atomic E-state index is -1.52. The van der Waals surface area contributed by atoms with Crippen LogP contribution in [-0.2, 0) is 36.6 Å². The lowest BCUT2D eigenvalue weighted by molar-refractivity contribution is -0.120. The average molecular weight is 420 g/mol. The van der Waals surface area contributed by atoms with Crippen molar-refractivity contribution in [2.75, 3.05) is 0 Å². The Morgan fingerprint density at radius 2 is 1.64 bits per heavy atom. The van der Waals surface area contributed by atoms with E-state index in [1.165, 1.54) is 25.5 Å². The van der Waals surface area contributed by atoms with E-state index in [0.29, 0.717) is 22.8 Å². The molecule has 2 aromatic rings. The zero-order valence-electron chi connectivity index (χ0n) is 16.3. The first kappa shape index (κ1) is 22.2. The molecule has 0 radical (unpaired) electrons. The van der Waals surface area contributed by atoms with E-state index in [0.717, 1.165) is 0 Å². The van der Waals surface area contributed by atoms with Crippen molar-refractivity contribution in [3.8, 4) is 0 Å². The smallest absolute Gasteiger partial charge is 0.226 e. The quantitative estimate of drug-likeness (QED) is 0.578. The number of aryl methyl sites for hydroxylation is 2. The van der Waals surface area contributed by atoms with Gasteiger partial charge in [0.2, 0.25) is 5.91 Å². The van der Waals surface area contributed by atoms with Crippen molar-refractivity contribution in [1.29, 1.82) is 0 Å². The molecule has 0 bridgehead atoms. The number of amides is 1. The number of rotatable bonds is 5. The second-order valence-electron chi connectivity index (χ2n) is 7.50. The maximum Gasteiger partial charge on any atom is 0.226 e. The van der Waals surface area contributed by atoms with Gasteiger partial charge in [0, 0.05) is 24.7 Å². The van der Waals surface area contributed by atoms with E-state index in [-0.39, 0.29) is 6.42 Å². The van der Waals surface area contributed by atoms with Crippen molar-refractivity contribution in [2.24, 2.45) is 7.05 Å². The number of benzene rings is 1. The van der Waals surface area contributed by atoms with Gasteiger partial charge in [-0.25, -0.2) is 17.6 Å². The van der Waals surface area contributed by atoms with Gasteiger partial charge in [-0.2, -0.15) is 5.10 Å². The summed E-state index contributed by atoms with van der Waals surface area (Å²) in [5.41, 5.74) is -1.64. The Morgan fingerprint density at radius 3 is 2.07 bits per heavy atom. The average Bonchev–Trinajstić information content (AvgIpc) is 2.86. The maximum atomic E-state index is 14.3. The van der Waals surface area contributed by atoms with Crippen LogP contribution in [0.15, 0.2) is 0 Å². The van der Waals surface area contributed by atoms with Gasteiger partial charge >= 0.3 is 0 Å². The van der Waals surface area contributed by atoms with Gasteiger partial charge in [-0.1, -0.05) is 39.3 Å². The van der Waals surface area contributed by atoms with E-state index in [4.69, 9.17) is 11.6 Å². The van der Waals surface area contributed by atoms with E-state index in [1.54, 1.807) is 7.05 Å². The van der Waals surface area contributed by atoms with Crippen molar-refractivity contribution in [1.82, 2.24) is 15.1 Å². The number of carbonyl (C=O) groups is 1. The highest BCUT2D eigenvalue weighted by Crippen LogP contribution is 2.33. The number of nitrogens with zero attached hydrogens (tertiary/aromatic N) is 2. The van der Waals surface area contributed by atoms with Gasteiger partial charge in [-0.15, -0.1) is 0 Å². The predicted octanol–water partition coefficient (Wildman–Crippen LogP) is 4.35. The number of aromatic nitrogens is 2. The summed E-state index contributed by atoms with van der Waals surface area (Å²) in [4.78, 5) is 12.2. The molecule has 0 fully saturated rings. The predicted molar refractivity (Wildman–Crippen MR) is 98.1 cm³/mol. The molecule has 4 nitrogen and oxygen atoms in total. The molecule has 1 heterocycles. The molecule has 0 aliphatic carbocycles. The Labute approximate surface area is 165 Å². The molecule has 0 spiro atoms. The number of hydrogen-bond donors (Lipinski definition) is 1. The van der Waals surface area contributed by atoms with Crippen molar-refractivity contribution >= 4 is 17.5 Å². The molecule has 0 atom stereocenters. The van der Waals surface area contributed by atoms with E-state index in [2.05, 4.69) is 10.4 Å². The van der Waals surface area contributed by atoms with Crippen molar-refractivity contribution in [3.63, 3.8) is 0 Å². The second kappa shape index (κ2) is 8.11. The third kappa shape index (κ3) is 4.16. The fourth-order valence-electron chi connectivity index (χ4n) is 2.90. The molecule has 0 aliphatic heterocycles. The van der Waals surface area contributed by atoms with E-state index < -0.39 is 52.3 Å². The summed E-state index contributed by atoms with van der Waals surface area (Å²) >= 11 is 6.16. The molecule has 0 unspecified atom stereocenters. The van der Waals surface area contributed by atoms with Crippen molar-refractivity contribution in [2.45, 2.75) is 52.5 Å². The monoisotopic (exact) mass is 419 g/mol. The van der Waals surface area contributed by atoms with Crippen LogP contribution in [-0.4, -0.2) is 15.7 Å². The van der Waals surface area contributed by atoms with Crippen LogP contribution < -0.4 is 5.32 Å². The largest absolute Gasteiger partial charge is 0.351 e. The molecule has 0 aliphatic rings. The van der Waals surface area contributed by atoms with Crippen LogP contribution in [0.4, 0.5) is 17.6 Å². The summed E-state index contributed by atoms with van der Waals surface area (Å²) in [6, 6.07) is 0. The highest BCUT2D eigenvalue weighted by molar-refractivity contribution is 6.32.